The van der Waals surface area contributed by atoms with Gasteiger partial charge in [-0.3, -0.25) is 4.98 Å². The van der Waals surface area contributed by atoms with Gasteiger partial charge in [0.2, 0.25) is 5.88 Å². The van der Waals surface area contributed by atoms with Crippen molar-refractivity contribution in [3.63, 3.8) is 0 Å². The Balaban J connectivity index is 1.85. The van der Waals surface area contributed by atoms with E-state index in [1.54, 1.807) is 19.4 Å². The van der Waals surface area contributed by atoms with Crippen LogP contribution in [-0.2, 0) is 0 Å². The first-order valence-corrected chi connectivity index (χ1v) is 8.11. The fourth-order valence-corrected chi connectivity index (χ4v) is 2.92. The number of hydrogen-bond acceptors (Lipinski definition) is 5. The Labute approximate surface area is 153 Å². The summed E-state index contributed by atoms with van der Waals surface area (Å²) in [6.45, 7) is 0. The van der Waals surface area contributed by atoms with Crippen molar-refractivity contribution in [2.45, 2.75) is 0 Å². The van der Waals surface area contributed by atoms with Gasteiger partial charge in [-0.25, -0.2) is 8.78 Å². The zero-order valence-electron chi connectivity index (χ0n) is 14.3. The Morgan fingerprint density at radius 1 is 1.07 bits per heavy atom. The molecule has 0 unspecified atom stereocenters. The number of pyridine rings is 1. The van der Waals surface area contributed by atoms with Gasteiger partial charge < -0.3 is 20.2 Å². The Hall–Kier alpha value is -3.61. The topological polar surface area (TPSA) is 73.3 Å². The van der Waals surface area contributed by atoms with Crippen LogP contribution in [0.1, 0.15) is 0 Å². The van der Waals surface area contributed by atoms with Crippen LogP contribution in [0.15, 0.2) is 59.1 Å². The quantitative estimate of drug-likeness (QED) is 0.524. The summed E-state index contributed by atoms with van der Waals surface area (Å²) in [5.74, 6) is -1.13. The minimum Gasteiger partial charge on any atom is -0.496 e. The highest BCUT2D eigenvalue weighted by Gasteiger charge is 2.19. The number of rotatable bonds is 4. The number of nitrogen functional groups attached to an aromatic ring is 1. The summed E-state index contributed by atoms with van der Waals surface area (Å²) >= 11 is 0. The molecule has 0 saturated carbocycles. The first kappa shape index (κ1) is 16.8. The second-order valence-corrected chi connectivity index (χ2v) is 5.83. The fraction of sp³-hybridized carbons (Fsp3) is 0.0500. The van der Waals surface area contributed by atoms with Crippen LogP contribution in [0.5, 0.6) is 5.75 Å². The lowest BCUT2D eigenvalue weighted by Gasteiger charge is -2.08. The number of anilines is 3. The molecule has 0 atom stereocenters. The number of benzene rings is 2. The van der Waals surface area contributed by atoms with Gasteiger partial charge in [0.05, 0.1) is 12.5 Å². The maximum absolute atomic E-state index is 13.5. The third-order valence-electron chi connectivity index (χ3n) is 4.18. The molecule has 0 aliphatic rings. The summed E-state index contributed by atoms with van der Waals surface area (Å²) in [4.78, 5) is 4.41. The summed E-state index contributed by atoms with van der Waals surface area (Å²) in [5, 5.41) is 3.65. The van der Waals surface area contributed by atoms with Crippen molar-refractivity contribution in [1.29, 1.82) is 0 Å². The van der Waals surface area contributed by atoms with Gasteiger partial charge in [0, 0.05) is 23.5 Å². The van der Waals surface area contributed by atoms with E-state index in [9.17, 15) is 8.78 Å². The van der Waals surface area contributed by atoms with E-state index in [0.717, 1.165) is 17.7 Å². The number of para-hydroxylation sites is 1. The van der Waals surface area contributed by atoms with Crippen LogP contribution in [0, 0.1) is 11.6 Å². The zero-order valence-corrected chi connectivity index (χ0v) is 14.3. The summed E-state index contributed by atoms with van der Waals surface area (Å²) in [7, 11) is 1.57. The molecule has 0 radical (unpaired) electrons. The lowest BCUT2D eigenvalue weighted by atomic mass is 10.1. The highest BCUT2D eigenvalue weighted by atomic mass is 19.2. The summed E-state index contributed by atoms with van der Waals surface area (Å²) in [6.07, 6.45) is 1.62. The smallest absolute Gasteiger partial charge is 0.215 e. The summed E-state index contributed by atoms with van der Waals surface area (Å²) < 4.78 is 37.8. The second-order valence-electron chi connectivity index (χ2n) is 5.83. The van der Waals surface area contributed by atoms with Gasteiger partial charge in [0.1, 0.15) is 17.1 Å². The molecular weight excluding hydrogens is 352 g/mol. The third-order valence-corrected chi connectivity index (χ3v) is 4.18. The number of nitrogens with zero attached hydrogens (tertiary/aromatic N) is 1. The van der Waals surface area contributed by atoms with E-state index in [2.05, 4.69) is 10.3 Å². The molecule has 5 nitrogen and oxygen atoms in total. The lowest BCUT2D eigenvalue weighted by molar-refractivity contribution is 0.416. The van der Waals surface area contributed by atoms with E-state index in [4.69, 9.17) is 14.9 Å². The maximum Gasteiger partial charge on any atom is 0.215 e. The molecule has 7 heteroatoms. The van der Waals surface area contributed by atoms with Crippen LogP contribution in [0.2, 0.25) is 0 Å². The minimum atomic E-state index is -0.956. The summed E-state index contributed by atoms with van der Waals surface area (Å²) in [6, 6.07) is 12.6. The molecule has 4 rings (SSSR count). The van der Waals surface area contributed by atoms with E-state index < -0.39 is 11.6 Å². The molecule has 2 heterocycles. The molecule has 0 fully saturated rings. The van der Waals surface area contributed by atoms with Crippen molar-refractivity contribution < 1.29 is 17.9 Å². The lowest BCUT2D eigenvalue weighted by Crippen LogP contribution is -1.95. The van der Waals surface area contributed by atoms with Crippen LogP contribution >= 0.6 is 0 Å². The van der Waals surface area contributed by atoms with Gasteiger partial charge in [-0.2, -0.15) is 0 Å². The van der Waals surface area contributed by atoms with E-state index in [0.29, 0.717) is 33.8 Å². The highest BCUT2D eigenvalue weighted by molar-refractivity contribution is 6.04. The molecule has 2 aromatic carbocycles. The molecule has 27 heavy (non-hydrogen) atoms. The van der Waals surface area contributed by atoms with Crippen LogP contribution in [0.25, 0.3) is 22.2 Å². The number of aromatic nitrogens is 1. The SMILES string of the molecule is COc1ccccc1-c1nccc2c(Nc3ccc(F)c(F)c3)c(N)oc12. The number of fused-ring (bicyclic) bond motifs is 1. The van der Waals surface area contributed by atoms with Crippen molar-refractivity contribution in [3.05, 3.63) is 66.4 Å². The molecule has 0 spiro atoms. The fourth-order valence-electron chi connectivity index (χ4n) is 2.92. The van der Waals surface area contributed by atoms with E-state index >= 15 is 0 Å². The molecule has 0 aliphatic carbocycles. The molecule has 0 amide bonds. The van der Waals surface area contributed by atoms with Crippen LogP contribution < -0.4 is 15.8 Å². The largest absolute Gasteiger partial charge is 0.496 e. The van der Waals surface area contributed by atoms with Crippen LogP contribution in [0.4, 0.5) is 26.0 Å². The number of halogens is 2. The zero-order chi connectivity index (χ0) is 19.0. The van der Waals surface area contributed by atoms with Crippen molar-refractivity contribution >= 4 is 28.2 Å². The Kier molecular flexibility index (Phi) is 4.12. The van der Waals surface area contributed by atoms with Gasteiger partial charge in [-0.1, -0.05) is 12.1 Å². The van der Waals surface area contributed by atoms with E-state index in [1.807, 2.05) is 24.3 Å². The molecule has 4 aromatic rings. The molecule has 0 aliphatic heterocycles. The van der Waals surface area contributed by atoms with Crippen molar-refractivity contribution in [3.8, 4) is 17.0 Å². The number of nitrogens with one attached hydrogen (secondary N) is 1. The second kappa shape index (κ2) is 6.60. The molecule has 2 aromatic heterocycles. The molecular formula is C20H15F2N3O2. The summed E-state index contributed by atoms with van der Waals surface area (Å²) in [5.41, 5.74) is 8.61. The van der Waals surface area contributed by atoms with E-state index in [-0.39, 0.29) is 5.88 Å². The molecule has 0 saturated heterocycles. The monoisotopic (exact) mass is 367 g/mol. The van der Waals surface area contributed by atoms with Gasteiger partial charge in [0.25, 0.3) is 0 Å². The number of ether oxygens (including phenoxy) is 1. The third kappa shape index (κ3) is 2.93. The number of methoxy groups -OCH3 is 1. The van der Waals surface area contributed by atoms with Gasteiger partial charge in [-0.15, -0.1) is 0 Å². The van der Waals surface area contributed by atoms with Crippen molar-refractivity contribution in [2.75, 3.05) is 18.2 Å². The van der Waals surface area contributed by atoms with Gasteiger partial charge >= 0.3 is 0 Å². The average Bonchev–Trinajstić information content (AvgIpc) is 3.00. The Bertz CT molecular complexity index is 1140. The first-order chi connectivity index (χ1) is 13.1. The van der Waals surface area contributed by atoms with Crippen LogP contribution in [0.3, 0.4) is 0 Å². The molecule has 0 bridgehead atoms. The van der Waals surface area contributed by atoms with Crippen LogP contribution in [-0.4, -0.2) is 12.1 Å². The molecule has 3 N–H and O–H groups in total. The number of furan rings is 1. The van der Waals surface area contributed by atoms with Gasteiger partial charge in [-0.05, 0) is 30.3 Å². The van der Waals surface area contributed by atoms with Gasteiger partial charge in [0.15, 0.2) is 17.2 Å². The predicted molar refractivity (Wildman–Crippen MR) is 100 cm³/mol. The number of hydrogen-bond donors (Lipinski definition) is 2. The predicted octanol–water partition coefficient (Wildman–Crippen LogP) is 5.11. The minimum absolute atomic E-state index is 0.110. The van der Waals surface area contributed by atoms with Crippen molar-refractivity contribution in [1.82, 2.24) is 4.98 Å². The molecule has 136 valence electrons. The number of nitrogens with two attached hydrogens (primary N) is 1. The standard InChI is InChI=1S/C20H15F2N3O2/c1-26-16-5-3-2-4-12(16)17-19-13(8-9-24-17)18(20(23)27-19)25-11-6-7-14(21)15(22)10-11/h2-10,25H,23H2,1H3. The normalized spacial score (nSPS) is 10.9. The Morgan fingerprint density at radius 3 is 2.67 bits per heavy atom. The highest BCUT2D eigenvalue weighted by Crippen LogP contribution is 2.41. The Morgan fingerprint density at radius 2 is 1.89 bits per heavy atom. The van der Waals surface area contributed by atoms with Crippen molar-refractivity contribution in [2.24, 2.45) is 0 Å². The van der Waals surface area contributed by atoms with E-state index in [1.165, 1.54) is 6.07 Å². The maximum atomic E-state index is 13.5. The first-order valence-electron chi connectivity index (χ1n) is 8.11. The average molecular weight is 367 g/mol.